The summed E-state index contributed by atoms with van der Waals surface area (Å²) in [6.07, 6.45) is 7.75. The van der Waals surface area contributed by atoms with Gasteiger partial charge in [0, 0.05) is 25.2 Å². The highest BCUT2D eigenvalue weighted by atomic mass is 16.5. The standard InChI is InChI=1S/C15H32N4O/c1-18-9-5-10-19(2)15(12-18)14(17-16)8-3-6-13-7-4-11-20-13/h13-15,17H,3-12,16H2,1-2H3. The van der Waals surface area contributed by atoms with Crippen LogP contribution in [0.3, 0.4) is 0 Å². The minimum Gasteiger partial charge on any atom is -0.378 e. The lowest BCUT2D eigenvalue weighted by Crippen LogP contribution is -2.54. The van der Waals surface area contributed by atoms with Crippen molar-refractivity contribution in [3.8, 4) is 0 Å². The predicted octanol–water partition coefficient (Wildman–Crippen LogP) is 0.804. The average Bonchev–Trinajstić information content (AvgIpc) is 2.88. The number of hydrogen-bond acceptors (Lipinski definition) is 5. The quantitative estimate of drug-likeness (QED) is 0.558. The first-order chi connectivity index (χ1) is 9.70. The van der Waals surface area contributed by atoms with Crippen LogP contribution in [-0.4, -0.2) is 68.3 Å². The van der Waals surface area contributed by atoms with E-state index in [0.29, 0.717) is 18.2 Å². The first-order valence-electron chi connectivity index (χ1n) is 8.17. The molecule has 0 radical (unpaired) electrons. The van der Waals surface area contributed by atoms with Gasteiger partial charge in [-0.3, -0.25) is 11.3 Å². The second-order valence-electron chi connectivity index (χ2n) is 6.50. The van der Waals surface area contributed by atoms with Gasteiger partial charge in [0.2, 0.25) is 0 Å². The smallest absolute Gasteiger partial charge is 0.0576 e. The van der Waals surface area contributed by atoms with Gasteiger partial charge in [-0.05, 0) is 65.7 Å². The van der Waals surface area contributed by atoms with Gasteiger partial charge in [0.25, 0.3) is 0 Å². The van der Waals surface area contributed by atoms with Gasteiger partial charge < -0.3 is 14.5 Å². The molecule has 2 saturated heterocycles. The molecule has 0 bridgehead atoms. The molecule has 3 unspecified atom stereocenters. The summed E-state index contributed by atoms with van der Waals surface area (Å²) in [6, 6.07) is 0.888. The Morgan fingerprint density at radius 2 is 2.15 bits per heavy atom. The third-order valence-corrected chi connectivity index (χ3v) is 4.86. The molecule has 5 nitrogen and oxygen atoms in total. The van der Waals surface area contributed by atoms with Crippen LogP contribution in [0.4, 0.5) is 0 Å². The van der Waals surface area contributed by atoms with E-state index in [9.17, 15) is 0 Å². The Morgan fingerprint density at radius 1 is 1.30 bits per heavy atom. The van der Waals surface area contributed by atoms with Crippen molar-refractivity contribution in [2.45, 2.75) is 56.7 Å². The summed E-state index contributed by atoms with van der Waals surface area (Å²) in [6.45, 7) is 4.41. The van der Waals surface area contributed by atoms with Crippen LogP contribution in [0.25, 0.3) is 0 Å². The summed E-state index contributed by atoms with van der Waals surface area (Å²) in [7, 11) is 4.44. The van der Waals surface area contributed by atoms with Gasteiger partial charge in [-0.15, -0.1) is 0 Å². The molecule has 3 N–H and O–H groups in total. The molecular formula is C15H32N4O. The van der Waals surface area contributed by atoms with Crippen molar-refractivity contribution in [3.05, 3.63) is 0 Å². The Bertz CT molecular complexity index is 271. The average molecular weight is 284 g/mol. The number of nitrogens with zero attached hydrogens (tertiary/aromatic N) is 2. The fourth-order valence-electron chi connectivity index (χ4n) is 3.56. The Labute approximate surface area is 123 Å². The molecule has 0 aromatic heterocycles. The summed E-state index contributed by atoms with van der Waals surface area (Å²) < 4.78 is 5.70. The number of rotatable bonds is 6. The van der Waals surface area contributed by atoms with Crippen molar-refractivity contribution >= 4 is 0 Å². The first kappa shape index (κ1) is 16.2. The van der Waals surface area contributed by atoms with Gasteiger partial charge in [-0.25, -0.2) is 0 Å². The van der Waals surface area contributed by atoms with E-state index in [1.807, 2.05) is 0 Å². The van der Waals surface area contributed by atoms with Crippen LogP contribution >= 0.6 is 0 Å². The molecule has 0 aromatic carbocycles. The van der Waals surface area contributed by atoms with Crippen molar-refractivity contribution in [2.24, 2.45) is 5.84 Å². The summed E-state index contributed by atoms with van der Waals surface area (Å²) >= 11 is 0. The maximum Gasteiger partial charge on any atom is 0.0576 e. The molecule has 20 heavy (non-hydrogen) atoms. The Balaban J connectivity index is 1.78. The van der Waals surface area contributed by atoms with Crippen molar-refractivity contribution in [1.29, 1.82) is 0 Å². The first-order valence-corrected chi connectivity index (χ1v) is 8.17. The Morgan fingerprint density at radius 3 is 2.85 bits per heavy atom. The normalized spacial score (nSPS) is 31.4. The number of nitrogens with two attached hydrogens (primary N) is 1. The molecule has 0 aromatic rings. The van der Waals surface area contributed by atoms with Crippen LogP contribution in [0.15, 0.2) is 0 Å². The molecule has 0 aliphatic carbocycles. The second-order valence-corrected chi connectivity index (χ2v) is 6.50. The molecule has 5 heteroatoms. The van der Waals surface area contributed by atoms with Gasteiger partial charge in [-0.1, -0.05) is 0 Å². The Kier molecular flexibility index (Phi) is 6.71. The van der Waals surface area contributed by atoms with E-state index < -0.39 is 0 Å². The van der Waals surface area contributed by atoms with Gasteiger partial charge in [0.1, 0.15) is 0 Å². The second kappa shape index (κ2) is 8.29. The van der Waals surface area contributed by atoms with Crippen LogP contribution in [0.1, 0.15) is 38.5 Å². The molecule has 3 atom stereocenters. The number of hydrogen-bond donors (Lipinski definition) is 2. The lowest BCUT2D eigenvalue weighted by molar-refractivity contribution is 0.0986. The summed E-state index contributed by atoms with van der Waals surface area (Å²) in [4.78, 5) is 4.90. The van der Waals surface area contributed by atoms with Crippen LogP contribution in [0.5, 0.6) is 0 Å². The molecule has 2 fully saturated rings. The maximum atomic E-state index is 5.83. The summed E-state index contributed by atoms with van der Waals surface area (Å²) in [5.74, 6) is 5.83. The molecule has 2 aliphatic rings. The largest absolute Gasteiger partial charge is 0.378 e. The molecule has 2 aliphatic heterocycles. The van der Waals surface area contributed by atoms with Gasteiger partial charge in [-0.2, -0.15) is 0 Å². The molecule has 0 spiro atoms. The highest BCUT2D eigenvalue weighted by Gasteiger charge is 2.28. The van der Waals surface area contributed by atoms with Crippen LogP contribution < -0.4 is 11.3 Å². The van der Waals surface area contributed by atoms with Crippen LogP contribution in [-0.2, 0) is 4.74 Å². The van der Waals surface area contributed by atoms with E-state index in [1.54, 1.807) is 0 Å². The van der Waals surface area contributed by atoms with E-state index in [1.165, 1.54) is 45.2 Å². The van der Waals surface area contributed by atoms with E-state index >= 15 is 0 Å². The lowest BCUT2D eigenvalue weighted by Gasteiger charge is -2.34. The van der Waals surface area contributed by atoms with Gasteiger partial charge in [0.15, 0.2) is 0 Å². The van der Waals surface area contributed by atoms with E-state index in [2.05, 4.69) is 29.3 Å². The van der Waals surface area contributed by atoms with E-state index in [-0.39, 0.29) is 0 Å². The zero-order valence-corrected chi connectivity index (χ0v) is 13.2. The van der Waals surface area contributed by atoms with Crippen molar-refractivity contribution in [1.82, 2.24) is 15.2 Å². The summed E-state index contributed by atoms with van der Waals surface area (Å²) in [5, 5.41) is 0. The van der Waals surface area contributed by atoms with Gasteiger partial charge in [0.05, 0.1) is 6.10 Å². The van der Waals surface area contributed by atoms with Crippen LogP contribution in [0, 0.1) is 0 Å². The minimum absolute atomic E-state index is 0.377. The molecule has 0 saturated carbocycles. The highest BCUT2D eigenvalue weighted by Crippen LogP contribution is 2.20. The molecule has 2 rings (SSSR count). The van der Waals surface area contributed by atoms with E-state index in [0.717, 1.165) is 19.6 Å². The van der Waals surface area contributed by atoms with Crippen molar-refractivity contribution in [2.75, 3.05) is 40.3 Å². The monoisotopic (exact) mass is 284 g/mol. The number of likely N-dealkylation sites (N-methyl/N-ethyl adjacent to an activating group) is 2. The van der Waals surface area contributed by atoms with Crippen molar-refractivity contribution < 1.29 is 4.74 Å². The zero-order chi connectivity index (χ0) is 14.4. The third-order valence-electron chi connectivity index (χ3n) is 4.86. The highest BCUT2D eigenvalue weighted by molar-refractivity contribution is 4.86. The number of hydrazine groups is 1. The van der Waals surface area contributed by atoms with E-state index in [4.69, 9.17) is 10.6 Å². The zero-order valence-electron chi connectivity index (χ0n) is 13.2. The molecule has 118 valence electrons. The lowest BCUT2D eigenvalue weighted by atomic mass is 9.99. The third kappa shape index (κ3) is 4.67. The fraction of sp³-hybridized carbons (Fsp3) is 1.00. The summed E-state index contributed by atoms with van der Waals surface area (Å²) in [5.41, 5.74) is 3.07. The number of nitrogens with one attached hydrogen (secondary N) is 1. The van der Waals surface area contributed by atoms with Crippen molar-refractivity contribution in [3.63, 3.8) is 0 Å². The van der Waals surface area contributed by atoms with Crippen LogP contribution in [0.2, 0.25) is 0 Å². The molecule has 0 amide bonds. The number of ether oxygens (including phenoxy) is 1. The molecule has 2 heterocycles. The maximum absolute atomic E-state index is 5.83. The minimum atomic E-state index is 0.377. The topological polar surface area (TPSA) is 53.8 Å². The van der Waals surface area contributed by atoms with Gasteiger partial charge >= 0.3 is 0 Å². The predicted molar refractivity (Wildman–Crippen MR) is 82.5 cm³/mol. The SMILES string of the molecule is CN1CCCN(C)C(C(CCCC2CCCO2)NN)C1. The Hall–Kier alpha value is -0.200. The molecular weight excluding hydrogens is 252 g/mol. The fourth-order valence-corrected chi connectivity index (χ4v) is 3.56.